The van der Waals surface area contributed by atoms with Gasteiger partial charge in [0, 0.05) is 36.6 Å². The number of anilines is 3. The van der Waals surface area contributed by atoms with E-state index in [0.717, 1.165) is 5.69 Å². The van der Waals surface area contributed by atoms with Crippen LogP contribution in [0.1, 0.15) is 25.1 Å². The van der Waals surface area contributed by atoms with E-state index in [1.165, 1.54) is 13.3 Å². The first-order valence-electron chi connectivity index (χ1n) is 13.0. The summed E-state index contributed by atoms with van der Waals surface area (Å²) in [5.41, 5.74) is 2.86. The number of rotatable bonds is 13. The Balaban J connectivity index is 1.65. The minimum Gasteiger partial charge on any atom is -0.492 e. The molecule has 11 nitrogen and oxygen atoms in total. The third kappa shape index (κ3) is 7.55. The maximum absolute atomic E-state index is 12.9. The fourth-order valence-electron chi connectivity index (χ4n) is 4.01. The van der Waals surface area contributed by atoms with Crippen LogP contribution in [0.5, 0.6) is 11.5 Å². The van der Waals surface area contributed by atoms with Gasteiger partial charge in [-0.2, -0.15) is 5.26 Å². The second kappa shape index (κ2) is 14.1. The molecule has 2 N–H and O–H groups in total. The summed E-state index contributed by atoms with van der Waals surface area (Å²) in [6.07, 6.45) is 2.64. The van der Waals surface area contributed by atoms with Gasteiger partial charge < -0.3 is 29.2 Å². The van der Waals surface area contributed by atoms with Crippen molar-refractivity contribution in [3.05, 3.63) is 77.2 Å². The molecule has 1 amide bonds. The maximum Gasteiger partial charge on any atom is 0.339 e. The highest BCUT2D eigenvalue weighted by atomic mass is 35.5. The minimum absolute atomic E-state index is 0.123. The summed E-state index contributed by atoms with van der Waals surface area (Å²) < 4.78 is 34.4. The highest BCUT2D eigenvalue weighted by Crippen LogP contribution is 2.47. The molecule has 0 aliphatic carbocycles. The van der Waals surface area contributed by atoms with Crippen LogP contribution in [-0.2, 0) is 25.0 Å². The van der Waals surface area contributed by atoms with E-state index in [4.69, 9.17) is 30.1 Å². The predicted molar refractivity (Wildman–Crippen MR) is 161 cm³/mol. The largest absolute Gasteiger partial charge is 0.492 e. The third-order valence-corrected chi connectivity index (χ3v) is 8.09. The molecule has 2 aromatic carbocycles. The molecule has 0 spiro atoms. The molecule has 0 aliphatic rings. The van der Waals surface area contributed by atoms with Gasteiger partial charge in [-0.3, -0.25) is 19.3 Å². The Labute approximate surface area is 248 Å². The fraction of sp³-hybridized carbons (Fsp3) is 0.241. The van der Waals surface area contributed by atoms with Crippen LogP contribution in [0.25, 0.3) is 10.9 Å². The Bertz CT molecular complexity index is 1660. The molecule has 1 unspecified atom stereocenters. The molecule has 42 heavy (non-hydrogen) atoms. The zero-order chi connectivity index (χ0) is 30.1. The highest BCUT2D eigenvalue weighted by molar-refractivity contribution is 7.54. The van der Waals surface area contributed by atoms with Gasteiger partial charge in [0.25, 0.3) is 0 Å². The van der Waals surface area contributed by atoms with Gasteiger partial charge in [-0.15, -0.1) is 0 Å². The van der Waals surface area contributed by atoms with Gasteiger partial charge in [-0.05, 0) is 50.2 Å². The number of halogens is 1. The Morgan fingerprint density at radius 1 is 1.07 bits per heavy atom. The molecule has 13 heteroatoms. The minimum atomic E-state index is -3.62. The van der Waals surface area contributed by atoms with Crippen molar-refractivity contribution >= 4 is 53.1 Å². The number of nitrogens with one attached hydrogen (secondary N) is 2. The number of nitriles is 1. The first kappa shape index (κ1) is 30.8. The number of hydrogen-bond acceptors (Lipinski definition) is 10. The predicted octanol–water partition coefficient (Wildman–Crippen LogP) is 6.69. The van der Waals surface area contributed by atoms with Crippen LogP contribution in [0.15, 0.2) is 60.9 Å². The second-order valence-electron chi connectivity index (χ2n) is 8.75. The lowest BCUT2D eigenvalue weighted by atomic mass is 10.1. The van der Waals surface area contributed by atoms with Crippen LogP contribution in [0.2, 0.25) is 5.02 Å². The Morgan fingerprint density at radius 2 is 1.90 bits per heavy atom. The van der Waals surface area contributed by atoms with E-state index in [2.05, 4.69) is 26.7 Å². The summed E-state index contributed by atoms with van der Waals surface area (Å²) in [4.78, 5) is 21.5. The van der Waals surface area contributed by atoms with Gasteiger partial charge in [-0.1, -0.05) is 17.7 Å². The average molecular weight is 610 g/mol. The average Bonchev–Trinajstić information content (AvgIpc) is 2.98. The first-order chi connectivity index (χ1) is 20.3. The summed E-state index contributed by atoms with van der Waals surface area (Å²) in [6.45, 7) is 4.15. The number of nitrogens with zero attached hydrogens (tertiary/aromatic N) is 3. The fourth-order valence-corrected chi connectivity index (χ4v) is 5.40. The monoisotopic (exact) mass is 609 g/mol. The van der Waals surface area contributed by atoms with Crippen molar-refractivity contribution in [2.24, 2.45) is 0 Å². The molecule has 218 valence electrons. The lowest BCUT2D eigenvalue weighted by Crippen LogP contribution is -2.18. The summed E-state index contributed by atoms with van der Waals surface area (Å²) in [5.74, 6) is 0.225. The summed E-state index contributed by atoms with van der Waals surface area (Å²) >= 11 is 6.51. The molecular weight excluding hydrogens is 581 g/mol. The number of fused-ring (bicyclic) bond motifs is 1. The van der Waals surface area contributed by atoms with Crippen LogP contribution < -0.4 is 20.1 Å². The van der Waals surface area contributed by atoms with Crippen molar-refractivity contribution in [3.8, 4) is 17.6 Å². The molecule has 2 aromatic heterocycles. The number of amides is 1. The van der Waals surface area contributed by atoms with Crippen LogP contribution >= 0.6 is 19.2 Å². The SMILES string of the molecule is CCOc1cc2ncc(C#N)c(Nc3ccc(OCc4ccccn4)c(Cl)c3)c2cc1NC(=O)CP(=O)(OC)OCC. The molecule has 4 rings (SSSR count). The van der Waals surface area contributed by atoms with E-state index in [0.29, 0.717) is 51.1 Å². The molecule has 4 aromatic rings. The van der Waals surface area contributed by atoms with Gasteiger partial charge in [-0.25, -0.2) is 0 Å². The zero-order valence-electron chi connectivity index (χ0n) is 23.2. The lowest BCUT2D eigenvalue weighted by molar-refractivity contribution is -0.114. The van der Waals surface area contributed by atoms with Crippen LogP contribution in [0, 0.1) is 11.3 Å². The van der Waals surface area contributed by atoms with Crippen LogP contribution in [-0.4, -0.2) is 42.4 Å². The molecule has 0 saturated carbocycles. The molecule has 0 fully saturated rings. The van der Waals surface area contributed by atoms with E-state index >= 15 is 0 Å². The van der Waals surface area contributed by atoms with Gasteiger partial charge in [0.1, 0.15) is 30.3 Å². The number of hydrogen-bond donors (Lipinski definition) is 2. The lowest BCUT2D eigenvalue weighted by Gasteiger charge is -2.18. The molecule has 0 radical (unpaired) electrons. The van der Waals surface area contributed by atoms with E-state index in [1.807, 2.05) is 18.2 Å². The van der Waals surface area contributed by atoms with Gasteiger partial charge >= 0.3 is 7.60 Å². The number of carbonyl (C=O) groups is 1. The standard InChI is InChI=1S/C29H29ClN5O6P/c1-4-39-27-14-24-22(13-25(27)35-28(36)18-42(37,38-3)41-5-2)29(19(15-31)16-33-24)34-20-9-10-26(23(30)12-20)40-17-21-8-6-7-11-32-21/h6-14,16H,4-5,17-18H2,1-3H3,(H,33,34)(H,35,36). The Kier molecular flexibility index (Phi) is 10.3. The summed E-state index contributed by atoms with van der Waals surface area (Å²) in [7, 11) is -2.39. The molecular formula is C29H29ClN5O6P. The smallest absolute Gasteiger partial charge is 0.339 e. The Morgan fingerprint density at radius 3 is 2.57 bits per heavy atom. The van der Waals surface area contributed by atoms with E-state index in [-0.39, 0.29) is 18.8 Å². The number of aromatic nitrogens is 2. The molecule has 0 bridgehead atoms. The van der Waals surface area contributed by atoms with Crippen LogP contribution in [0.4, 0.5) is 17.1 Å². The molecule has 0 saturated heterocycles. The zero-order valence-corrected chi connectivity index (χ0v) is 24.9. The molecule has 1 atom stereocenters. The van der Waals surface area contributed by atoms with Crippen molar-refractivity contribution < 1.29 is 27.9 Å². The van der Waals surface area contributed by atoms with Gasteiger partial charge in [0.2, 0.25) is 5.91 Å². The van der Waals surface area contributed by atoms with Crippen molar-refractivity contribution in [3.63, 3.8) is 0 Å². The topological polar surface area (TPSA) is 145 Å². The second-order valence-corrected chi connectivity index (χ2v) is 11.3. The van der Waals surface area contributed by atoms with Crippen molar-refractivity contribution in [2.45, 2.75) is 20.5 Å². The number of ether oxygens (including phenoxy) is 2. The van der Waals surface area contributed by atoms with Crippen LogP contribution in [0.3, 0.4) is 0 Å². The van der Waals surface area contributed by atoms with Gasteiger partial charge in [0.05, 0.1) is 46.4 Å². The number of benzene rings is 2. The van der Waals surface area contributed by atoms with E-state index < -0.39 is 19.7 Å². The quantitative estimate of drug-likeness (QED) is 0.157. The number of carbonyl (C=O) groups excluding carboxylic acids is 1. The van der Waals surface area contributed by atoms with Crippen molar-refractivity contribution in [2.75, 3.05) is 37.1 Å². The van der Waals surface area contributed by atoms with Crippen molar-refractivity contribution in [1.29, 1.82) is 5.26 Å². The summed E-state index contributed by atoms with van der Waals surface area (Å²) in [5, 5.41) is 16.7. The first-order valence-corrected chi connectivity index (χ1v) is 15.1. The van der Waals surface area contributed by atoms with E-state index in [1.54, 1.807) is 50.4 Å². The summed E-state index contributed by atoms with van der Waals surface area (Å²) in [6, 6.07) is 16.1. The van der Waals surface area contributed by atoms with Gasteiger partial charge in [0.15, 0.2) is 0 Å². The highest BCUT2D eigenvalue weighted by Gasteiger charge is 2.27. The number of pyridine rings is 2. The third-order valence-electron chi connectivity index (χ3n) is 5.91. The van der Waals surface area contributed by atoms with E-state index in [9.17, 15) is 14.6 Å². The molecule has 0 aliphatic heterocycles. The maximum atomic E-state index is 12.9. The molecule has 2 heterocycles. The Hall–Kier alpha value is -4.20. The normalized spacial score (nSPS) is 12.3. The van der Waals surface area contributed by atoms with Crippen molar-refractivity contribution in [1.82, 2.24) is 9.97 Å².